The first-order valence-corrected chi connectivity index (χ1v) is 11.9. The number of likely N-dealkylation sites (tertiary alicyclic amines) is 1. The third-order valence-electron chi connectivity index (χ3n) is 7.03. The number of rotatable bonds is 9. The van der Waals surface area contributed by atoms with Gasteiger partial charge in [0.25, 0.3) is 5.91 Å². The highest BCUT2D eigenvalue weighted by Crippen LogP contribution is 2.28. The van der Waals surface area contributed by atoms with Crippen molar-refractivity contribution in [1.29, 1.82) is 0 Å². The number of hydrogen-bond donors (Lipinski definition) is 2. The van der Waals surface area contributed by atoms with Gasteiger partial charge in [0.1, 0.15) is 5.75 Å². The number of ether oxygens (including phenoxy) is 1. The Morgan fingerprint density at radius 2 is 1.88 bits per heavy atom. The minimum absolute atomic E-state index is 0.105. The van der Waals surface area contributed by atoms with Crippen molar-refractivity contribution in [2.45, 2.75) is 45.1 Å². The van der Waals surface area contributed by atoms with Gasteiger partial charge in [0.05, 0.1) is 20.3 Å². The van der Waals surface area contributed by atoms with Crippen molar-refractivity contribution >= 4 is 16.7 Å². The van der Waals surface area contributed by atoms with Crippen molar-refractivity contribution in [2.24, 2.45) is 0 Å². The Balaban J connectivity index is 1.67. The lowest BCUT2D eigenvalue weighted by Crippen LogP contribution is -2.35. The van der Waals surface area contributed by atoms with E-state index < -0.39 is 0 Å². The molecule has 0 radical (unpaired) electrons. The Morgan fingerprint density at radius 3 is 2.59 bits per heavy atom. The maximum Gasteiger partial charge on any atom is 0.254 e. The van der Waals surface area contributed by atoms with Crippen LogP contribution in [0.4, 0.5) is 0 Å². The predicted octanol–water partition coefficient (Wildman–Crippen LogP) is 3.96. The molecule has 4 rings (SSSR count). The van der Waals surface area contributed by atoms with Crippen LogP contribution in [0.5, 0.6) is 5.75 Å². The fourth-order valence-corrected chi connectivity index (χ4v) is 5.05. The van der Waals surface area contributed by atoms with Crippen LogP contribution in [0.3, 0.4) is 0 Å². The number of amides is 1. The van der Waals surface area contributed by atoms with E-state index in [-0.39, 0.29) is 19.1 Å². The number of carbonyl (C=O) groups excluding carboxylic acids is 1. The first kappa shape index (κ1) is 24.2. The summed E-state index contributed by atoms with van der Waals surface area (Å²) in [7, 11) is 3.66. The summed E-state index contributed by atoms with van der Waals surface area (Å²) in [5, 5.41) is 21.9. The largest absolute Gasteiger partial charge is 0.496 e. The molecule has 3 aromatic rings. The second-order valence-electron chi connectivity index (χ2n) is 9.06. The highest BCUT2D eigenvalue weighted by Gasteiger charge is 2.25. The zero-order valence-corrected chi connectivity index (χ0v) is 20.0. The number of aliphatic hydroxyl groups is 2. The van der Waals surface area contributed by atoms with E-state index in [1.807, 2.05) is 23.1 Å². The molecule has 0 saturated carbocycles. The summed E-state index contributed by atoms with van der Waals surface area (Å²) >= 11 is 0. The van der Waals surface area contributed by atoms with Crippen molar-refractivity contribution in [1.82, 2.24) is 9.80 Å². The van der Waals surface area contributed by atoms with Crippen LogP contribution in [0.1, 0.15) is 46.3 Å². The summed E-state index contributed by atoms with van der Waals surface area (Å²) < 4.78 is 5.43. The van der Waals surface area contributed by atoms with Crippen LogP contribution in [0.25, 0.3) is 10.8 Å². The second kappa shape index (κ2) is 11.0. The molecule has 180 valence electrons. The third-order valence-corrected chi connectivity index (χ3v) is 7.03. The van der Waals surface area contributed by atoms with E-state index >= 15 is 0 Å². The first-order chi connectivity index (χ1) is 16.5. The second-order valence-corrected chi connectivity index (χ2v) is 9.06. The quantitative estimate of drug-likeness (QED) is 0.504. The Labute approximate surface area is 201 Å². The molecule has 3 aromatic carbocycles. The van der Waals surface area contributed by atoms with E-state index in [1.165, 1.54) is 13.5 Å². The standard InChI is InChI=1S/C28H34N2O4/c1-29-13-6-10-24(29)12-14-30(17-21-9-5-8-20-7-3-4-11-25(20)21)28(33)22-15-23(18-31)26(19-32)27(16-22)34-2/h3-5,7-9,11,15-16,24,31-32H,6,10,12-14,17-19H2,1-2H3. The van der Waals surface area contributed by atoms with E-state index in [1.54, 1.807) is 12.1 Å². The smallest absolute Gasteiger partial charge is 0.254 e. The van der Waals surface area contributed by atoms with Gasteiger partial charge in [-0.25, -0.2) is 0 Å². The third kappa shape index (κ3) is 5.09. The Morgan fingerprint density at radius 1 is 1.09 bits per heavy atom. The van der Waals surface area contributed by atoms with Gasteiger partial charge in [-0.05, 0) is 66.9 Å². The van der Waals surface area contributed by atoms with Crippen LogP contribution in [-0.2, 0) is 19.8 Å². The van der Waals surface area contributed by atoms with Crippen LogP contribution >= 0.6 is 0 Å². The van der Waals surface area contributed by atoms with Gasteiger partial charge < -0.3 is 24.7 Å². The van der Waals surface area contributed by atoms with Crippen LogP contribution in [0.15, 0.2) is 54.6 Å². The molecule has 1 saturated heterocycles. The van der Waals surface area contributed by atoms with E-state index in [4.69, 9.17) is 4.74 Å². The van der Waals surface area contributed by atoms with Gasteiger partial charge in [-0.2, -0.15) is 0 Å². The van der Waals surface area contributed by atoms with Crippen molar-refractivity contribution < 1.29 is 19.7 Å². The minimum atomic E-state index is -0.274. The highest BCUT2D eigenvalue weighted by atomic mass is 16.5. The molecule has 1 aliphatic rings. The number of nitrogens with zero attached hydrogens (tertiary/aromatic N) is 2. The number of aliphatic hydroxyl groups excluding tert-OH is 2. The summed E-state index contributed by atoms with van der Waals surface area (Å²) in [5.41, 5.74) is 2.58. The van der Waals surface area contributed by atoms with Gasteiger partial charge in [-0.3, -0.25) is 4.79 Å². The number of methoxy groups -OCH3 is 1. The van der Waals surface area contributed by atoms with Crippen molar-refractivity contribution in [3.63, 3.8) is 0 Å². The topological polar surface area (TPSA) is 73.2 Å². The monoisotopic (exact) mass is 462 g/mol. The fraction of sp³-hybridized carbons (Fsp3) is 0.393. The Bertz CT molecular complexity index is 1120. The summed E-state index contributed by atoms with van der Waals surface area (Å²) in [6, 6.07) is 18.3. The van der Waals surface area contributed by atoms with Gasteiger partial charge in [-0.1, -0.05) is 42.5 Å². The molecule has 1 heterocycles. The lowest BCUT2D eigenvalue weighted by Gasteiger charge is -2.27. The lowest BCUT2D eigenvalue weighted by atomic mass is 10.0. The van der Waals surface area contributed by atoms with E-state index in [0.717, 1.165) is 35.7 Å². The van der Waals surface area contributed by atoms with Gasteiger partial charge in [0.15, 0.2) is 0 Å². The number of hydrogen-bond acceptors (Lipinski definition) is 5. The summed E-state index contributed by atoms with van der Waals surface area (Å²) in [5.74, 6) is 0.309. The summed E-state index contributed by atoms with van der Waals surface area (Å²) in [6.45, 7) is 1.69. The van der Waals surface area contributed by atoms with E-state index in [9.17, 15) is 15.0 Å². The first-order valence-electron chi connectivity index (χ1n) is 11.9. The average molecular weight is 463 g/mol. The molecular weight excluding hydrogens is 428 g/mol. The zero-order chi connectivity index (χ0) is 24.1. The van der Waals surface area contributed by atoms with Crippen LogP contribution in [-0.4, -0.2) is 59.2 Å². The molecule has 0 aliphatic carbocycles. The molecule has 0 bridgehead atoms. The normalized spacial score (nSPS) is 16.2. The Kier molecular flexibility index (Phi) is 7.83. The molecule has 2 N–H and O–H groups in total. The predicted molar refractivity (Wildman–Crippen MR) is 134 cm³/mol. The van der Waals surface area contributed by atoms with Gasteiger partial charge in [0, 0.05) is 30.3 Å². The number of fused-ring (bicyclic) bond motifs is 1. The SMILES string of the molecule is COc1cc(C(=O)N(CCC2CCCN2C)Cc2cccc3ccccc23)cc(CO)c1CO. The number of benzene rings is 3. The van der Waals surface area contributed by atoms with Crippen molar-refractivity contribution in [3.8, 4) is 5.75 Å². The zero-order valence-electron chi connectivity index (χ0n) is 20.0. The maximum atomic E-state index is 13.8. The van der Waals surface area contributed by atoms with Gasteiger partial charge in [0.2, 0.25) is 0 Å². The molecule has 6 heteroatoms. The van der Waals surface area contributed by atoms with Gasteiger partial charge >= 0.3 is 0 Å². The minimum Gasteiger partial charge on any atom is -0.496 e. The molecule has 0 spiro atoms. The molecular formula is C28H34N2O4. The van der Waals surface area contributed by atoms with Crippen molar-refractivity contribution in [3.05, 3.63) is 76.9 Å². The molecule has 0 aromatic heterocycles. The van der Waals surface area contributed by atoms with Crippen LogP contribution < -0.4 is 4.74 Å². The molecule has 34 heavy (non-hydrogen) atoms. The lowest BCUT2D eigenvalue weighted by molar-refractivity contribution is 0.0729. The molecule has 6 nitrogen and oxygen atoms in total. The van der Waals surface area contributed by atoms with Crippen LogP contribution in [0.2, 0.25) is 0 Å². The van der Waals surface area contributed by atoms with E-state index in [2.05, 4.69) is 36.2 Å². The molecule has 1 unspecified atom stereocenters. The van der Waals surface area contributed by atoms with E-state index in [0.29, 0.717) is 41.6 Å². The van der Waals surface area contributed by atoms with Crippen molar-refractivity contribution in [2.75, 3.05) is 27.2 Å². The molecule has 1 fully saturated rings. The van der Waals surface area contributed by atoms with Crippen LogP contribution in [0, 0.1) is 0 Å². The number of carbonyl (C=O) groups is 1. The molecule has 1 atom stereocenters. The summed E-state index contributed by atoms with van der Waals surface area (Å²) in [6.07, 6.45) is 3.25. The Hall–Kier alpha value is -2.93. The maximum absolute atomic E-state index is 13.8. The summed E-state index contributed by atoms with van der Waals surface area (Å²) in [4.78, 5) is 18.1. The average Bonchev–Trinajstić information content (AvgIpc) is 3.29. The fourth-order valence-electron chi connectivity index (χ4n) is 5.05. The molecule has 1 aliphatic heterocycles. The van der Waals surface area contributed by atoms with Gasteiger partial charge in [-0.15, -0.1) is 0 Å². The highest BCUT2D eigenvalue weighted by molar-refractivity contribution is 5.95. The molecule has 1 amide bonds.